The van der Waals surface area contributed by atoms with Gasteiger partial charge in [0.15, 0.2) is 0 Å². The van der Waals surface area contributed by atoms with Crippen molar-refractivity contribution in [2.24, 2.45) is 5.41 Å². The lowest BCUT2D eigenvalue weighted by Crippen LogP contribution is -2.26. The number of aryl methyl sites for hydroxylation is 2. The minimum absolute atomic E-state index is 0.377. The summed E-state index contributed by atoms with van der Waals surface area (Å²) in [7, 11) is 0. The molecule has 0 radical (unpaired) electrons. The van der Waals surface area contributed by atoms with Crippen molar-refractivity contribution in [3.05, 3.63) is 34.9 Å². The molecule has 0 spiro atoms. The molecule has 0 aromatic heterocycles. The van der Waals surface area contributed by atoms with Crippen LogP contribution < -0.4 is 0 Å². The first-order valence-corrected chi connectivity index (χ1v) is 7.13. The molecule has 0 amide bonds. The summed E-state index contributed by atoms with van der Waals surface area (Å²) in [6, 6.07) is 6.44. The molecule has 18 heavy (non-hydrogen) atoms. The van der Waals surface area contributed by atoms with E-state index in [9.17, 15) is 5.11 Å². The Balaban J connectivity index is 2.33. The summed E-state index contributed by atoms with van der Waals surface area (Å²) in [5.74, 6) is 0. The van der Waals surface area contributed by atoms with Crippen LogP contribution in [0.2, 0.25) is 0 Å². The average molecular weight is 246 g/mol. The van der Waals surface area contributed by atoms with E-state index in [1.807, 2.05) is 0 Å². The van der Waals surface area contributed by atoms with Gasteiger partial charge in [-0.1, -0.05) is 37.6 Å². The Bertz CT molecular complexity index is 433. The predicted molar refractivity (Wildman–Crippen MR) is 76.7 cm³/mol. The molecule has 1 aliphatic rings. The summed E-state index contributed by atoms with van der Waals surface area (Å²) < 4.78 is 0. The molecule has 1 aromatic carbocycles. The quantitative estimate of drug-likeness (QED) is 0.724. The van der Waals surface area contributed by atoms with E-state index in [0.717, 1.165) is 31.2 Å². The molecule has 0 heterocycles. The van der Waals surface area contributed by atoms with Crippen LogP contribution in [0.1, 0.15) is 62.6 Å². The number of aliphatic hydroxyl groups is 1. The normalized spacial score (nSPS) is 27.8. The van der Waals surface area contributed by atoms with Crippen LogP contribution in [0.5, 0.6) is 0 Å². The number of hydrogen-bond acceptors (Lipinski definition) is 1. The zero-order valence-electron chi connectivity index (χ0n) is 12.2. The van der Waals surface area contributed by atoms with Crippen molar-refractivity contribution in [2.75, 3.05) is 0 Å². The van der Waals surface area contributed by atoms with Crippen LogP contribution >= 0.6 is 0 Å². The first-order chi connectivity index (χ1) is 8.32. The second-order valence-corrected chi connectivity index (χ2v) is 6.87. The van der Waals surface area contributed by atoms with Crippen molar-refractivity contribution in [3.8, 4) is 0 Å². The van der Waals surface area contributed by atoms with E-state index in [1.165, 1.54) is 17.5 Å². The lowest BCUT2D eigenvalue weighted by Gasteiger charge is -2.30. The van der Waals surface area contributed by atoms with Gasteiger partial charge in [-0.2, -0.15) is 0 Å². The number of hydrogen-bond donors (Lipinski definition) is 1. The van der Waals surface area contributed by atoms with Crippen molar-refractivity contribution in [1.82, 2.24) is 0 Å². The molecule has 1 saturated carbocycles. The molecule has 0 bridgehead atoms. The lowest BCUT2D eigenvalue weighted by molar-refractivity contribution is 0.0174. The highest BCUT2D eigenvalue weighted by Gasteiger charge is 2.35. The molecular formula is C17H26O. The second-order valence-electron chi connectivity index (χ2n) is 6.87. The third kappa shape index (κ3) is 2.77. The fourth-order valence-corrected chi connectivity index (χ4v) is 3.16. The van der Waals surface area contributed by atoms with Gasteiger partial charge in [-0.25, -0.2) is 0 Å². The molecule has 1 atom stereocenters. The third-order valence-electron chi connectivity index (χ3n) is 4.55. The smallest absolute Gasteiger partial charge is 0.0899 e. The van der Waals surface area contributed by atoms with Crippen LogP contribution in [0.15, 0.2) is 18.2 Å². The van der Waals surface area contributed by atoms with Crippen molar-refractivity contribution in [1.29, 1.82) is 0 Å². The van der Waals surface area contributed by atoms with Crippen LogP contribution in [0.25, 0.3) is 0 Å². The molecule has 1 unspecified atom stereocenters. The standard InChI is InChI=1S/C17H26O/c1-13-6-7-14(2)15(12-13)17(18)9-5-8-16(3,4)10-11-17/h6-7,12,18H,5,8-11H2,1-4H3. The maximum atomic E-state index is 11.1. The Hall–Kier alpha value is -0.820. The minimum Gasteiger partial charge on any atom is -0.385 e. The summed E-state index contributed by atoms with van der Waals surface area (Å²) in [6.45, 7) is 8.86. The molecule has 1 aliphatic carbocycles. The summed E-state index contributed by atoms with van der Waals surface area (Å²) in [6.07, 6.45) is 5.25. The van der Waals surface area contributed by atoms with Gasteiger partial charge in [-0.05, 0) is 62.5 Å². The fourth-order valence-electron chi connectivity index (χ4n) is 3.16. The molecular weight excluding hydrogens is 220 g/mol. The first-order valence-electron chi connectivity index (χ1n) is 7.13. The van der Waals surface area contributed by atoms with Gasteiger partial charge in [-0.3, -0.25) is 0 Å². The molecule has 2 rings (SSSR count). The summed E-state index contributed by atoms with van der Waals surface area (Å²) in [5.41, 5.74) is 3.39. The Labute approximate surface area is 111 Å². The SMILES string of the molecule is Cc1ccc(C)c(C2(O)CCCC(C)(C)CC2)c1. The van der Waals surface area contributed by atoms with Crippen LogP contribution in [0.4, 0.5) is 0 Å². The number of rotatable bonds is 1. The van der Waals surface area contributed by atoms with Crippen LogP contribution in [0.3, 0.4) is 0 Å². The molecule has 1 nitrogen and oxygen atoms in total. The topological polar surface area (TPSA) is 20.2 Å². The Morgan fingerprint density at radius 2 is 1.72 bits per heavy atom. The van der Waals surface area contributed by atoms with Gasteiger partial charge in [0.2, 0.25) is 0 Å². The van der Waals surface area contributed by atoms with Crippen LogP contribution in [-0.2, 0) is 5.60 Å². The molecule has 1 N–H and O–H groups in total. The van der Waals surface area contributed by atoms with Crippen molar-refractivity contribution in [3.63, 3.8) is 0 Å². The maximum absolute atomic E-state index is 11.1. The van der Waals surface area contributed by atoms with E-state index < -0.39 is 5.60 Å². The molecule has 0 saturated heterocycles. The first kappa shape index (κ1) is 13.6. The van der Waals surface area contributed by atoms with Gasteiger partial charge in [0, 0.05) is 0 Å². The van der Waals surface area contributed by atoms with E-state index in [4.69, 9.17) is 0 Å². The van der Waals surface area contributed by atoms with Crippen LogP contribution in [-0.4, -0.2) is 5.11 Å². The average Bonchev–Trinajstić information content (AvgIpc) is 2.42. The van der Waals surface area contributed by atoms with E-state index in [-0.39, 0.29) is 0 Å². The molecule has 100 valence electrons. The van der Waals surface area contributed by atoms with E-state index in [0.29, 0.717) is 5.41 Å². The Morgan fingerprint density at radius 1 is 1.00 bits per heavy atom. The third-order valence-corrected chi connectivity index (χ3v) is 4.55. The Kier molecular flexibility index (Phi) is 3.55. The Morgan fingerprint density at radius 3 is 2.44 bits per heavy atom. The highest BCUT2D eigenvalue weighted by atomic mass is 16.3. The predicted octanol–water partition coefficient (Wildman–Crippen LogP) is 4.48. The van der Waals surface area contributed by atoms with Gasteiger partial charge in [0.1, 0.15) is 0 Å². The van der Waals surface area contributed by atoms with Gasteiger partial charge >= 0.3 is 0 Å². The highest BCUT2D eigenvalue weighted by molar-refractivity contribution is 5.35. The zero-order valence-corrected chi connectivity index (χ0v) is 12.2. The van der Waals surface area contributed by atoms with Crippen molar-refractivity contribution in [2.45, 2.75) is 65.4 Å². The van der Waals surface area contributed by atoms with E-state index in [2.05, 4.69) is 45.9 Å². The molecule has 1 fully saturated rings. The molecule has 1 heteroatoms. The minimum atomic E-state index is -0.607. The summed E-state index contributed by atoms with van der Waals surface area (Å²) in [4.78, 5) is 0. The monoisotopic (exact) mass is 246 g/mol. The zero-order chi connectivity index (χ0) is 13.4. The van der Waals surface area contributed by atoms with Gasteiger partial charge in [-0.15, -0.1) is 0 Å². The van der Waals surface area contributed by atoms with E-state index >= 15 is 0 Å². The van der Waals surface area contributed by atoms with Crippen molar-refractivity contribution >= 4 is 0 Å². The van der Waals surface area contributed by atoms with Gasteiger partial charge in [0.05, 0.1) is 5.60 Å². The van der Waals surface area contributed by atoms with Gasteiger partial charge in [0.25, 0.3) is 0 Å². The lowest BCUT2D eigenvalue weighted by atomic mass is 9.81. The molecule has 1 aromatic rings. The number of benzene rings is 1. The second kappa shape index (κ2) is 4.70. The van der Waals surface area contributed by atoms with E-state index in [1.54, 1.807) is 0 Å². The van der Waals surface area contributed by atoms with Gasteiger partial charge < -0.3 is 5.11 Å². The fraction of sp³-hybridized carbons (Fsp3) is 0.647. The summed E-state index contributed by atoms with van der Waals surface area (Å²) >= 11 is 0. The largest absolute Gasteiger partial charge is 0.385 e. The molecule has 0 aliphatic heterocycles. The highest BCUT2D eigenvalue weighted by Crippen LogP contribution is 2.43. The van der Waals surface area contributed by atoms with Crippen LogP contribution in [0, 0.1) is 19.3 Å². The maximum Gasteiger partial charge on any atom is 0.0899 e. The van der Waals surface area contributed by atoms with Crippen molar-refractivity contribution < 1.29 is 5.11 Å². The summed E-state index contributed by atoms with van der Waals surface area (Å²) in [5, 5.41) is 11.1.